The molecule has 0 spiro atoms. The van der Waals surface area contributed by atoms with Gasteiger partial charge >= 0.3 is 5.97 Å². The maximum Gasteiger partial charge on any atom is 0.323 e. The minimum absolute atomic E-state index is 0.0116. The average Bonchev–Trinajstić information content (AvgIpc) is 3.42. The van der Waals surface area contributed by atoms with Gasteiger partial charge in [-0.05, 0) is 38.0 Å². The summed E-state index contributed by atoms with van der Waals surface area (Å²) < 4.78 is 34.5. The number of halogens is 3. The molecule has 11 heteroatoms. The van der Waals surface area contributed by atoms with E-state index >= 15 is 4.39 Å². The summed E-state index contributed by atoms with van der Waals surface area (Å²) in [5.74, 6) is -2.83. The van der Waals surface area contributed by atoms with Crippen LogP contribution in [0.25, 0.3) is 10.9 Å². The third-order valence-electron chi connectivity index (χ3n) is 6.75. The Morgan fingerprint density at radius 3 is 2.83 bits per heavy atom. The number of rotatable bonds is 5. The SMILES string of the molecule is CCOC(=O)[C@@]12SC(N)=N[C@](C)(c3cc(Nc4nccc5cc(Cl)cnc45)cc(F)c3F)[C@@H]1[C@@H]2C. The number of hydrogen-bond acceptors (Lipinski definition) is 8. The van der Waals surface area contributed by atoms with Crippen molar-refractivity contribution in [1.82, 2.24) is 9.97 Å². The minimum atomic E-state index is -1.29. The van der Waals surface area contributed by atoms with Crippen LogP contribution < -0.4 is 11.1 Å². The van der Waals surface area contributed by atoms with Crippen molar-refractivity contribution in [2.45, 2.75) is 31.1 Å². The van der Waals surface area contributed by atoms with Gasteiger partial charge in [-0.25, -0.2) is 13.8 Å². The largest absolute Gasteiger partial charge is 0.465 e. The molecule has 1 saturated carbocycles. The van der Waals surface area contributed by atoms with Gasteiger partial charge in [-0.2, -0.15) is 0 Å². The first-order valence-corrected chi connectivity index (χ1v) is 12.2. The molecule has 0 radical (unpaired) electrons. The number of thioether (sulfide) groups is 1. The zero-order chi connectivity index (χ0) is 25.1. The number of anilines is 2. The maximum atomic E-state index is 15.3. The van der Waals surface area contributed by atoms with E-state index in [9.17, 15) is 9.18 Å². The Labute approximate surface area is 209 Å². The quantitative estimate of drug-likeness (QED) is 0.451. The Bertz CT molecular complexity index is 1410. The Morgan fingerprint density at radius 1 is 1.31 bits per heavy atom. The van der Waals surface area contributed by atoms with Crippen molar-refractivity contribution >= 4 is 56.9 Å². The highest BCUT2D eigenvalue weighted by molar-refractivity contribution is 8.15. The number of ether oxygens (including phenoxy) is 1. The highest BCUT2D eigenvalue weighted by Gasteiger charge is 2.77. The van der Waals surface area contributed by atoms with E-state index in [1.165, 1.54) is 12.3 Å². The molecule has 4 atom stereocenters. The number of carbonyl (C=O) groups excluding carboxylic acids is 1. The van der Waals surface area contributed by atoms with Crippen molar-refractivity contribution in [3.8, 4) is 0 Å². The Kier molecular flexibility index (Phi) is 5.63. The summed E-state index contributed by atoms with van der Waals surface area (Å²) in [6.45, 7) is 5.46. The summed E-state index contributed by atoms with van der Waals surface area (Å²) in [6, 6.07) is 5.99. The summed E-state index contributed by atoms with van der Waals surface area (Å²) in [5.41, 5.74) is 5.58. The molecular formula is C24H22ClF2N5O2S. The summed E-state index contributed by atoms with van der Waals surface area (Å²) in [7, 11) is 0. The Balaban J connectivity index is 1.59. The molecule has 182 valence electrons. The summed E-state index contributed by atoms with van der Waals surface area (Å²) >= 11 is 7.16. The fourth-order valence-corrected chi connectivity index (χ4v) is 6.91. The maximum absolute atomic E-state index is 15.3. The van der Waals surface area contributed by atoms with Gasteiger partial charge in [0, 0.05) is 41.0 Å². The number of hydrogen-bond donors (Lipinski definition) is 2. The fourth-order valence-electron chi connectivity index (χ4n) is 5.20. The second kappa shape index (κ2) is 8.30. The molecule has 3 heterocycles. The molecule has 2 aromatic heterocycles. The highest BCUT2D eigenvalue weighted by Crippen LogP contribution is 2.70. The van der Waals surface area contributed by atoms with E-state index in [0.717, 1.165) is 23.2 Å². The first-order valence-electron chi connectivity index (χ1n) is 11.0. The molecular weight excluding hydrogens is 496 g/mol. The second-order valence-electron chi connectivity index (χ2n) is 8.81. The van der Waals surface area contributed by atoms with Gasteiger partial charge < -0.3 is 15.8 Å². The summed E-state index contributed by atoms with van der Waals surface area (Å²) in [4.78, 5) is 26.0. The lowest BCUT2D eigenvalue weighted by atomic mass is 9.84. The van der Waals surface area contributed by atoms with E-state index in [1.807, 2.05) is 6.92 Å². The van der Waals surface area contributed by atoms with E-state index in [4.69, 9.17) is 22.1 Å². The summed E-state index contributed by atoms with van der Waals surface area (Å²) in [6.07, 6.45) is 3.04. The van der Waals surface area contributed by atoms with Crippen LogP contribution in [0, 0.1) is 23.5 Å². The molecule has 3 aromatic rings. The van der Waals surface area contributed by atoms with E-state index in [2.05, 4.69) is 20.3 Å². The van der Waals surface area contributed by atoms with Crippen molar-refractivity contribution in [3.05, 3.63) is 58.9 Å². The van der Waals surface area contributed by atoms with Crippen molar-refractivity contribution < 1.29 is 18.3 Å². The van der Waals surface area contributed by atoms with Crippen LogP contribution in [0.4, 0.5) is 20.3 Å². The van der Waals surface area contributed by atoms with Crippen LogP contribution in [-0.4, -0.2) is 32.5 Å². The number of carbonyl (C=O) groups is 1. The van der Waals surface area contributed by atoms with Crippen molar-refractivity contribution in [1.29, 1.82) is 0 Å². The fraction of sp³-hybridized carbons (Fsp3) is 0.333. The number of benzene rings is 1. The third-order valence-corrected chi connectivity index (χ3v) is 8.38. The number of aliphatic imine (C=N–C) groups is 1. The molecule has 0 saturated heterocycles. The van der Waals surface area contributed by atoms with Crippen LogP contribution >= 0.6 is 23.4 Å². The van der Waals surface area contributed by atoms with E-state index in [0.29, 0.717) is 16.4 Å². The molecule has 0 bridgehead atoms. The molecule has 35 heavy (non-hydrogen) atoms. The zero-order valence-corrected chi connectivity index (χ0v) is 20.7. The van der Waals surface area contributed by atoms with Gasteiger partial charge in [0.25, 0.3) is 0 Å². The van der Waals surface area contributed by atoms with E-state index in [1.54, 1.807) is 32.2 Å². The molecule has 2 aliphatic rings. The van der Waals surface area contributed by atoms with Crippen LogP contribution in [0.5, 0.6) is 0 Å². The standard InChI is InChI=1S/C24H22ClF2N5O2S/c1-4-34-21(33)24-11(2)19(24)23(3,32-22(28)35-24)15-8-14(9-16(26)17(15)27)31-20-18-12(5-6-29-20)7-13(25)10-30-18/h5-11,19H,4H2,1-3H3,(H2,28,32)(H,29,31)/t11-,19-,23+,24-/m0/s1. The molecule has 3 N–H and O–H groups in total. The number of nitrogens with two attached hydrogens (primary N) is 1. The number of esters is 1. The lowest BCUT2D eigenvalue weighted by Crippen LogP contribution is -2.40. The molecule has 0 unspecified atom stereocenters. The number of pyridine rings is 2. The topological polar surface area (TPSA) is 102 Å². The van der Waals surface area contributed by atoms with Crippen LogP contribution in [0.1, 0.15) is 26.3 Å². The number of nitrogens with zero attached hydrogens (tertiary/aromatic N) is 3. The number of nitrogens with one attached hydrogen (secondary N) is 1. The molecule has 1 aliphatic carbocycles. The monoisotopic (exact) mass is 517 g/mol. The first kappa shape index (κ1) is 23.7. The van der Waals surface area contributed by atoms with Crippen LogP contribution in [0.3, 0.4) is 0 Å². The number of aromatic nitrogens is 2. The van der Waals surface area contributed by atoms with Gasteiger partial charge in [0.05, 0.1) is 17.2 Å². The lowest BCUT2D eigenvalue weighted by molar-refractivity contribution is -0.144. The molecule has 5 rings (SSSR count). The molecule has 1 aromatic carbocycles. The van der Waals surface area contributed by atoms with Gasteiger partial charge in [-0.15, -0.1) is 0 Å². The molecule has 7 nitrogen and oxygen atoms in total. The van der Waals surface area contributed by atoms with Gasteiger partial charge in [-0.3, -0.25) is 14.8 Å². The second-order valence-corrected chi connectivity index (χ2v) is 10.5. The Morgan fingerprint density at radius 2 is 2.09 bits per heavy atom. The smallest absolute Gasteiger partial charge is 0.323 e. The van der Waals surface area contributed by atoms with Gasteiger partial charge in [0.15, 0.2) is 22.6 Å². The van der Waals surface area contributed by atoms with Gasteiger partial charge in [-0.1, -0.05) is 30.3 Å². The first-order chi connectivity index (χ1) is 16.6. The third kappa shape index (κ3) is 3.61. The predicted octanol–water partition coefficient (Wildman–Crippen LogP) is 5.15. The van der Waals surface area contributed by atoms with E-state index in [-0.39, 0.29) is 28.9 Å². The van der Waals surface area contributed by atoms with Crippen molar-refractivity contribution in [3.63, 3.8) is 0 Å². The van der Waals surface area contributed by atoms with Crippen LogP contribution in [0.15, 0.2) is 41.7 Å². The van der Waals surface area contributed by atoms with Crippen LogP contribution in [-0.2, 0) is 15.1 Å². The minimum Gasteiger partial charge on any atom is -0.465 e. The summed E-state index contributed by atoms with van der Waals surface area (Å²) in [5, 5.41) is 4.35. The van der Waals surface area contributed by atoms with E-state index < -0.39 is 33.8 Å². The highest BCUT2D eigenvalue weighted by atomic mass is 35.5. The van der Waals surface area contributed by atoms with Crippen LogP contribution in [0.2, 0.25) is 5.02 Å². The zero-order valence-electron chi connectivity index (χ0n) is 19.1. The predicted molar refractivity (Wildman–Crippen MR) is 133 cm³/mol. The lowest BCUT2D eigenvalue weighted by Gasteiger charge is -2.33. The number of fused-ring (bicyclic) bond motifs is 2. The molecule has 0 amide bonds. The van der Waals surface area contributed by atoms with Gasteiger partial charge in [0.2, 0.25) is 0 Å². The van der Waals surface area contributed by atoms with Crippen molar-refractivity contribution in [2.75, 3.05) is 11.9 Å². The average molecular weight is 518 g/mol. The number of amidine groups is 1. The Hall–Kier alpha value is -2.98. The van der Waals surface area contributed by atoms with Crippen molar-refractivity contribution in [2.24, 2.45) is 22.6 Å². The molecule has 1 fully saturated rings. The molecule has 1 aliphatic heterocycles. The van der Waals surface area contributed by atoms with Gasteiger partial charge in [0.1, 0.15) is 10.3 Å². The normalized spacial score (nSPS) is 27.2.